The molecule has 0 atom stereocenters. The van der Waals surface area contributed by atoms with E-state index in [1.165, 1.54) is 12.1 Å². The maximum absolute atomic E-state index is 12.7. The summed E-state index contributed by atoms with van der Waals surface area (Å²) in [6.07, 6.45) is 0. The smallest absolute Gasteiger partial charge is 0.242 e. The molecule has 0 radical (unpaired) electrons. The van der Waals surface area contributed by atoms with Crippen LogP contribution in [0.2, 0.25) is 0 Å². The maximum atomic E-state index is 12.7. The Bertz CT molecular complexity index is 856. The topological polar surface area (TPSA) is 86.2 Å². The van der Waals surface area contributed by atoms with Gasteiger partial charge in [0.1, 0.15) is 5.69 Å². The van der Waals surface area contributed by atoms with Crippen LogP contribution in [0, 0.1) is 0 Å². The number of benzene rings is 2. The van der Waals surface area contributed by atoms with Crippen molar-refractivity contribution in [3.63, 3.8) is 0 Å². The third kappa shape index (κ3) is 2.30. The molecule has 1 heterocycles. The Kier molecular flexibility index (Phi) is 3.23. The Morgan fingerprint density at radius 3 is 2.10 bits per heavy atom. The van der Waals surface area contributed by atoms with Gasteiger partial charge in [0.2, 0.25) is 15.7 Å². The second kappa shape index (κ2) is 5.06. The van der Waals surface area contributed by atoms with Crippen molar-refractivity contribution < 1.29 is 12.9 Å². The Morgan fingerprint density at radius 1 is 0.905 bits per heavy atom. The standard InChI is InChI=1S/C15H12N2O3S/c16-15-14(21(18,19)12-9-5-2-6-10-12)13(17-20-15)11-7-3-1-4-8-11/h1-10H,16H2. The number of anilines is 1. The van der Waals surface area contributed by atoms with Gasteiger partial charge in [-0.2, -0.15) is 0 Å². The average Bonchev–Trinajstić information content (AvgIpc) is 2.91. The largest absolute Gasteiger partial charge is 0.366 e. The highest BCUT2D eigenvalue weighted by atomic mass is 32.2. The van der Waals surface area contributed by atoms with E-state index in [2.05, 4.69) is 5.16 Å². The minimum Gasteiger partial charge on any atom is -0.366 e. The van der Waals surface area contributed by atoms with Crippen molar-refractivity contribution in [1.29, 1.82) is 0 Å². The van der Waals surface area contributed by atoms with Gasteiger partial charge in [-0.3, -0.25) is 0 Å². The van der Waals surface area contributed by atoms with E-state index in [0.29, 0.717) is 5.56 Å². The zero-order valence-electron chi connectivity index (χ0n) is 10.9. The average molecular weight is 300 g/mol. The van der Waals surface area contributed by atoms with Gasteiger partial charge in [0, 0.05) is 5.56 Å². The van der Waals surface area contributed by atoms with Crippen molar-refractivity contribution in [2.45, 2.75) is 9.79 Å². The fourth-order valence-corrected chi connectivity index (χ4v) is 3.51. The predicted molar refractivity (Wildman–Crippen MR) is 78.2 cm³/mol. The number of sulfone groups is 1. The first-order chi connectivity index (χ1) is 10.1. The summed E-state index contributed by atoms with van der Waals surface area (Å²) in [5, 5.41) is 3.80. The van der Waals surface area contributed by atoms with E-state index in [4.69, 9.17) is 10.3 Å². The SMILES string of the molecule is Nc1onc(-c2ccccc2)c1S(=O)(=O)c1ccccc1. The van der Waals surface area contributed by atoms with E-state index in [1.54, 1.807) is 42.5 Å². The molecule has 0 amide bonds. The number of hydrogen-bond donors (Lipinski definition) is 1. The maximum Gasteiger partial charge on any atom is 0.242 e. The molecule has 0 saturated carbocycles. The Balaban J connectivity index is 2.23. The van der Waals surface area contributed by atoms with Gasteiger partial charge >= 0.3 is 0 Å². The van der Waals surface area contributed by atoms with E-state index >= 15 is 0 Å². The number of nitrogens with zero attached hydrogens (tertiary/aromatic N) is 1. The summed E-state index contributed by atoms with van der Waals surface area (Å²) in [4.78, 5) is 0.0528. The van der Waals surface area contributed by atoms with Gasteiger partial charge in [-0.25, -0.2) is 8.42 Å². The quantitative estimate of drug-likeness (QED) is 0.803. The van der Waals surface area contributed by atoms with Crippen molar-refractivity contribution >= 4 is 15.7 Å². The molecular formula is C15H12N2O3S. The first-order valence-electron chi connectivity index (χ1n) is 6.21. The van der Waals surface area contributed by atoms with Crippen LogP contribution in [0.3, 0.4) is 0 Å². The zero-order valence-corrected chi connectivity index (χ0v) is 11.7. The van der Waals surface area contributed by atoms with Crippen LogP contribution in [0.4, 0.5) is 5.88 Å². The molecular weight excluding hydrogens is 288 g/mol. The Labute approximate surface area is 121 Å². The van der Waals surface area contributed by atoms with Crippen LogP contribution in [-0.4, -0.2) is 13.6 Å². The third-order valence-corrected chi connectivity index (χ3v) is 4.87. The van der Waals surface area contributed by atoms with Crippen molar-refractivity contribution in [2.75, 3.05) is 5.73 Å². The zero-order chi connectivity index (χ0) is 14.9. The number of nitrogen functional groups attached to an aromatic ring is 1. The van der Waals surface area contributed by atoms with Crippen molar-refractivity contribution in [1.82, 2.24) is 5.16 Å². The third-order valence-electron chi connectivity index (χ3n) is 3.04. The lowest BCUT2D eigenvalue weighted by atomic mass is 10.1. The molecule has 0 saturated heterocycles. The van der Waals surface area contributed by atoms with Crippen molar-refractivity contribution in [2.24, 2.45) is 0 Å². The monoisotopic (exact) mass is 300 g/mol. The molecule has 0 bridgehead atoms. The molecule has 0 spiro atoms. The van der Waals surface area contributed by atoms with E-state index in [0.717, 1.165) is 0 Å². The van der Waals surface area contributed by atoms with Gasteiger partial charge in [-0.1, -0.05) is 53.7 Å². The molecule has 3 aromatic rings. The summed E-state index contributed by atoms with van der Waals surface area (Å²) in [7, 11) is -3.79. The lowest BCUT2D eigenvalue weighted by Crippen LogP contribution is -2.05. The van der Waals surface area contributed by atoms with Crippen LogP contribution in [0.25, 0.3) is 11.3 Å². The van der Waals surface area contributed by atoms with Gasteiger partial charge in [-0.05, 0) is 12.1 Å². The van der Waals surface area contributed by atoms with Gasteiger partial charge < -0.3 is 10.3 Å². The number of rotatable bonds is 3. The molecule has 0 aliphatic rings. The minimum absolute atomic E-state index is 0.0973. The molecule has 1 aromatic heterocycles. The van der Waals surface area contributed by atoms with Crippen LogP contribution < -0.4 is 5.73 Å². The molecule has 5 nitrogen and oxygen atoms in total. The summed E-state index contributed by atoms with van der Waals surface area (Å²) in [5.74, 6) is -0.210. The summed E-state index contributed by atoms with van der Waals surface area (Å²) in [5.41, 5.74) is 6.55. The van der Waals surface area contributed by atoms with E-state index < -0.39 is 9.84 Å². The molecule has 2 N–H and O–H groups in total. The summed E-state index contributed by atoms with van der Waals surface area (Å²) < 4.78 is 30.4. The molecule has 3 rings (SSSR count). The summed E-state index contributed by atoms with van der Waals surface area (Å²) >= 11 is 0. The minimum atomic E-state index is -3.79. The fraction of sp³-hybridized carbons (Fsp3) is 0. The van der Waals surface area contributed by atoms with Gasteiger partial charge in [0.25, 0.3) is 0 Å². The number of aromatic nitrogens is 1. The van der Waals surface area contributed by atoms with Crippen LogP contribution in [0.5, 0.6) is 0 Å². The molecule has 0 aliphatic carbocycles. The van der Waals surface area contributed by atoms with E-state index in [1.807, 2.05) is 6.07 Å². The molecule has 2 aromatic carbocycles. The summed E-state index contributed by atoms with van der Waals surface area (Å²) in [6.45, 7) is 0. The van der Waals surface area contributed by atoms with E-state index in [9.17, 15) is 8.42 Å². The molecule has 106 valence electrons. The van der Waals surface area contributed by atoms with Crippen molar-refractivity contribution in [3.8, 4) is 11.3 Å². The first kappa shape index (κ1) is 13.4. The molecule has 21 heavy (non-hydrogen) atoms. The van der Waals surface area contributed by atoms with Crippen LogP contribution in [0.1, 0.15) is 0 Å². The molecule has 0 unspecified atom stereocenters. The van der Waals surface area contributed by atoms with Crippen LogP contribution in [-0.2, 0) is 9.84 Å². The second-order valence-electron chi connectivity index (χ2n) is 4.41. The highest BCUT2D eigenvalue weighted by molar-refractivity contribution is 7.91. The summed E-state index contributed by atoms with van der Waals surface area (Å²) in [6, 6.07) is 17.0. The van der Waals surface area contributed by atoms with Crippen LogP contribution in [0.15, 0.2) is 75.0 Å². The Morgan fingerprint density at radius 2 is 1.48 bits per heavy atom. The number of nitrogens with two attached hydrogens (primary N) is 1. The lowest BCUT2D eigenvalue weighted by Gasteiger charge is -2.04. The first-order valence-corrected chi connectivity index (χ1v) is 7.70. The normalized spacial score (nSPS) is 11.4. The highest BCUT2D eigenvalue weighted by Crippen LogP contribution is 2.34. The van der Waals surface area contributed by atoms with Gasteiger partial charge in [0.05, 0.1) is 4.90 Å². The predicted octanol–water partition coefficient (Wildman–Crippen LogP) is 2.76. The van der Waals surface area contributed by atoms with Crippen molar-refractivity contribution in [3.05, 3.63) is 60.7 Å². The Hall–Kier alpha value is -2.60. The fourth-order valence-electron chi connectivity index (χ4n) is 2.05. The molecule has 0 fully saturated rings. The molecule has 6 heteroatoms. The molecule has 0 aliphatic heterocycles. The van der Waals surface area contributed by atoms with Gasteiger partial charge in [0.15, 0.2) is 4.90 Å². The lowest BCUT2D eigenvalue weighted by molar-refractivity contribution is 0.437. The van der Waals surface area contributed by atoms with Gasteiger partial charge in [-0.15, -0.1) is 0 Å². The number of hydrogen-bond acceptors (Lipinski definition) is 5. The van der Waals surface area contributed by atoms with E-state index in [-0.39, 0.29) is 21.4 Å². The van der Waals surface area contributed by atoms with Crippen LogP contribution >= 0.6 is 0 Å². The highest BCUT2D eigenvalue weighted by Gasteiger charge is 2.29. The second-order valence-corrected chi connectivity index (χ2v) is 6.29.